The van der Waals surface area contributed by atoms with Crippen molar-refractivity contribution in [1.82, 2.24) is 19.8 Å². The van der Waals surface area contributed by atoms with E-state index in [2.05, 4.69) is 10.3 Å². The number of piperidine rings is 1. The number of rotatable bonds is 3. The zero-order chi connectivity index (χ0) is 15.7. The number of carbonyl (C=O) groups excluding carboxylic acids is 1. The number of aliphatic carboxylic acids is 1. The van der Waals surface area contributed by atoms with Gasteiger partial charge in [0.25, 0.3) is 0 Å². The van der Waals surface area contributed by atoms with Gasteiger partial charge < -0.3 is 19.9 Å². The summed E-state index contributed by atoms with van der Waals surface area (Å²) in [6.07, 6.45) is 5.93. The normalized spacial score (nSPS) is 23.9. The lowest BCUT2D eigenvalue weighted by molar-refractivity contribution is -0.139. The van der Waals surface area contributed by atoms with Crippen molar-refractivity contribution in [3.05, 3.63) is 18.2 Å². The molecule has 7 nitrogen and oxygen atoms in total. The zero-order valence-corrected chi connectivity index (χ0v) is 12.8. The van der Waals surface area contributed by atoms with Crippen LogP contribution >= 0.6 is 0 Å². The molecule has 3 heterocycles. The third-order valence-electron chi connectivity index (χ3n) is 5.06. The Balaban J connectivity index is 1.55. The maximum Gasteiger partial charge on any atom is 0.320 e. The molecular weight excluding hydrogens is 284 g/mol. The summed E-state index contributed by atoms with van der Waals surface area (Å²) >= 11 is 0. The number of aryl methyl sites for hydroxylation is 1. The van der Waals surface area contributed by atoms with E-state index < -0.39 is 12.0 Å². The standard InChI is InChI=1S/C15H22N4O3/c1-11-16-4-7-19(11)9-13(20)18-5-2-15(3-6-18)8-12(14(21)22)17-10-15/h4,7,12,17H,2-3,5-6,8-10H2,1H3,(H,21,22)/t12-/m1/s1. The molecular formula is C15H22N4O3. The van der Waals surface area contributed by atoms with Crippen LogP contribution in [0.5, 0.6) is 0 Å². The molecule has 0 bridgehead atoms. The van der Waals surface area contributed by atoms with E-state index in [1.807, 2.05) is 22.6 Å². The van der Waals surface area contributed by atoms with Gasteiger partial charge in [0.2, 0.25) is 5.91 Å². The summed E-state index contributed by atoms with van der Waals surface area (Å²) in [5.74, 6) is 0.175. The van der Waals surface area contributed by atoms with Gasteiger partial charge in [0.1, 0.15) is 18.4 Å². The zero-order valence-electron chi connectivity index (χ0n) is 12.8. The number of imidazole rings is 1. The second-order valence-electron chi connectivity index (χ2n) is 6.46. The lowest BCUT2D eigenvalue weighted by Crippen LogP contribution is -2.45. The Bertz CT molecular complexity index is 575. The van der Waals surface area contributed by atoms with Crippen molar-refractivity contribution in [3.8, 4) is 0 Å². The third kappa shape index (κ3) is 2.85. The Kier molecular flexibility index (Phi) is 3.90. The van der Waals surface area contributed by atoms with Gasteiger partial charge in [-0.05, 0) is 31.6 Å². The second-order valence-corrected chi connectivity index (χ2v) is 6.46. The Morgan fingerprint density at radius 2 is 2.18 bits per heavy atom. The number of nitrogens with zero attached hydrogens (tertiary/aromatic N) is 3. The minimum absolute atomic E-state index is 0.0464. The number of carboxylic acids is 1. The van der Waals surface area contributed by atoms with Gasteiger partial charge in [-0.15, -0.1) is 0 Å². The highest BCUT2D eigenvalue weighted by Crippen LogP contribution is 2.39. The molecule has 22 heavy (non-hydrogen) atoms. The predicted octanol–water partition coefficient (Wildman–Crippen LogP) is 0.247. The van der Waals surface area contributed by atoms with Crippen LogP contribution in [0.25, 0.3) is 0 Å². The lowest BCUT2D eigenvalue weighted by atomic mass is 9.76. The third-order valence-corrected chi connectivity index (χ3v) is 5.06. The molecule has 1 atom stereocenters. The predicted molar refractivity (Wildman–Crippen MR) is 79.3 cm³/mol. The van der Waals surface area contributed by atoms with Crippen molar-refractivity contribution < 1.29 is 14.7 Å². The number of carbonyl (C=O) groups is 2. The van der Waals surface area contributed by atoms with E-state index in [0.29, 0.717) is 26.1 Å². The number of carboxylic acid groups (broad SMARTS) is 1. The molecule has 0 radical (unpaired) electrons. The quantitative estimate of drug-likeness (QED) is 0.835. The van der Waals surface area contributed by atoms with Crippen LogP contribution in [-0.4, -0.2) is 57.1 Å². The highest BCUT2D eigenvalue weighted by Gasteiger charge is 2.44. The summed E-state index contributed by atoms with van der Waals surface area (Å²) in [7, 11) is 0. The molecule has 1 amide bonds. The van der Waals surface area contributed by atoms with Crippen LogP contribution in [0.4, 0.5) is 0 Å². The van der Waals surface area contributed by atoms with Crippen LogP contribution in [0, 0.1) is 12.3 Å². The summed E-state index contributed by atoms with van der Waals surface area (Å²) in [4.78, 5) is 29.4. The molecule has 1 spiro atoms. The largest absolute Gasteiger partial charge is 0.480 e. The van der Waals surface area contributed by atoms with Crippen LogP contribution < -0.4 is 5.32 Å². The van der Waals surface area contributed by atoms with Crippen LogP contribution in [0.2, 0.25) is 0 Å². The number of likely N-dealkylation sites (tertiary alicyclic amines) is 1. The van der Waals surface area contributed by atoms with Gasteiger partial charge in [-0.1, -0.05) is 0 Å². The molecule has 1 aromatic rings. The molecule has 3 rings (SSSR count). The first-order valence-electron chi connectivity index (χ1n) is 7.71. The van der Waals surface area contributed by atoms with Crippen LogP contribution in [0.15, 0.2) is 12.4 Å². The highest BCUT2D eigenvalue weighted by atomic mass is 16.4. The molecule has 2 fully saturated rings. The first-order valence-corrected chi connectivity index (χ1v) is 7.71. The van der Waals surface area contributed by atoms with Crippen LogP contribution in [0.1, 0.15) is 25.1 Å². The van der Waals surface area contributed by atoms with Gasteiger partial charge in [-0.25, -0.2) is 4.98 Å². The summed E-state index contributed by atoms with van der Waals surface area (Å²) in [6, 6.07) is -0.434. The summed E-state index contributed by atoms with van der Waals surface area (Å²) < 4.78 is 1.85. The van der Waals surface area contributed by atoms with Crippen molar-refractivity contribution in [3.63, 3.8) is 0 Å². The van der Waals surface area contributed by atoms with Crippen molar-refractivity contribution >= 4 is 11.9 Å². The molecule has 0 aliphatic carbocycles. The topological polar surface area (TPSA) is 87.5 Å². The fraction of sp³-hybridized carbons (Fsp3) is 0.667. The van der Waals surface area contributed by atoms with Gasteiger partial charge in [0, 0.05) is 32.0 Å². The molecule has 2 saturated heterocycles. The highest BCUT2D eigenvalue weighted by molar-refractivity contribution is 5.76. The molecule has 2 aliphatic heterocycles. The average Bonchev–Trinajstić information content (AvgIpc) is 3.08. The Morgan fingerprint density at radius 3 is 2.73 bits per heavy atom. The number of nitrogens with one attached hydrogen (secondary N) is 1. The van der Waals surface area contributed by atoms with E-state index in [1.54, 1.807) is 6.20 Å². The first kappa shape index (κ1) is 15.0. The molecule has 1 aromatic heterocycles. The molecule has 0 unspecified atom stereocenters. The minimum atomic E-state index is -0.772. The molecule has 7 heteroatoms. The number of hydrogen-bond acceptors (Lipinski definition) is 4. The fourth-order valence-corrected chi connectivity index (χ4v) is 3.52. The van der Waals surface area contributed by atoms with E-state index in [4.69, 9.17) is 5.11 Å². The smallest absolute Gasteiger partial charge is 0.320 e. The number of amides is 1. The van der Waals surface area contributed by atoms with Gasteiger partial charge in [-0.2, -0.15) is 0 Å². The SMILES string of the molecule is Cc1nccn1CC(=O)N1CCC2(CC1)CN[C@@H](C(=O)O)C2. The number of hydrogen-bond donors (Lipinski definition) is 2. The minimum Gasteiger partial charge on any atom is -0.480 e. The summed E-state index contributed by atoms with van der Waals surface area (Å²) in [6.45, 7) is 4.37. The summed E-state index contributed by atoms with van der Waals surface area (Å²) in [5, 5.41) is 12.2. The van der Waals surface area contributed by atoms with Gasteiger partial charge in [-0.3, -0.25) is 9.59 Å². The monoisotopic (exact) mass is 306 g/mol. The maximum atomic E-state index is 12.4. The van der Waals surface area contributed by atoms with Crippen molar-refractivity contribution in [1.29, 1.82) is 0 Å². The van der Waals surface area contributed by atoms with Crippen LogP contribution in [0.3, 0.4) is 0 Å². The van der Waals surface area contributed by atoms with Gasteiger partial charge in [0.15, 0.2) is 0 Å². The van der Waals surface area contributed by atoms with Crippen molar-refractivity contribution in [2.45, 2.75) is 38.8 Å². The number of aromatic nitrogens is 2. The molecule has 2 aliphatic rings. The van der Waals surface area contributed by atoms with E-state index in [-0.39, 0.29) is 11.3 Å². The Morgan fingerprint density at radius 1 is 1.45 bits per heavy atom. The average molecular weight is 306 g/mol. The molecule has 120 valence electrons. The summed E-state index contributed by atoms with van der Waals surface area (Å²) in [5.41, 5.74) is 0.0464. The van der Waals surface area contributed by atoms with E-state index in [0.717, 1.165) is 25.2 Å². The molecule has 2 N–H and O–H groups in total. The van der Waals surface area contributed by atoms with E-state index in [1.165, 1.54) is 0 Å². The lowest BCUT2D eigenvalue weighted by Gasteiger charge is -2.39. The van der Waals surface area contributed by atoms with E-state index in [9.17, 15) is 9.59 Å². The first-order chi connectivity index (χ1) is 10.5. The van der Waals surface area contributed by atoms with Crippen LogP contribution in [-0.2, 0) is 16.1 Å². The maximum absolute atomic E-state index is 12.4. The van der Waals surface area contributed by atoms with Crippen molar-refractivity contribution in [2.75, 3.05) is 19.6 Å². The molecule has 0 saturated carbocycles. The Labute approximate surface area is 129 Å². The Hall–Kier alpha value is -1.89. The van der Waals surface area contributed by atoms with Gasteiger partial charge in [0.05, 0.1) is 0 Å². The fourth-order valence-electron chi connectivity index (χ4n) is 3.52. The van der Waals surface area contributed by atoms with Crippen molar-refractivity contribution in [2.24, 2.45) is 5.41 Å². The van der Waals surface area contributed by atoms with Gasteiger partial charge >= 0.3 is 5.97 Å². The van der Waals surface area contributed by atoms with E-state index >= 15 is 0 Å². The molecule has 0 aromatic carbocycles. The second kappa shape index (κ2) is 5.72.